The monoisotopic (exact) mass is 707 g/mol. The molecule has 0 amide bonds. The van der Waals surface area contributed by atoms with Gasteiger partial charge < -0.3 is 9.47 Å². The highest BCUT2D eigenvalue weighted by Crippen LogP contribution is 2.39. The van der Waals surface area contributed by atoms with Crippen molar-refractivity contribution in [2.24, 2.45) is 0 Å². The summed E-state index contributed by atoms with van der Waals surface area (Å²) in [6, 6.07) is 8.21. The molecule has 0 saturated carbocycles. The minimum absolute atomic E-state index is 0.0381. The van der Waals surface area contributed by atoms with E-state index in [4.69, 9.17) is 14.0 Å². The van der Waals surface area contributed by atoms with Gasteiger partial charge >= 0.3 is 22.5 Å². The zero-order valence-corrected chi connectivity index (χ0v) is 26.2. The molecular weight excluding hydrogens is 681 g/mol. The first kappa shape index (κ1) is 35.2. The second kappa shape index (κ2) is 14.6. The molecule has 3 heterocycles. The summed E-state index contributed by atoms with van der Waals surface area (Å²) in [6.45, 7) is 1.18. The Balaban J connectivity index is 1.49. The van der Waals surface area contributed by atoms with Crippen LogP contribution >= 0.6 is 0 Å². The second-order valence-electron chi connectivity index (χ2n) is 10.4. The highest BCUT2D eigenvalue weighted by molar-refractivity contribution is 7.80. The van der Waals surface area contributed by atoms with E-state index in [9.17, 15) is 35.2 Å². The molecule has 5 rings (SSSR count). The maximum Gasteiger partial charge on any atom is 0.417 e. The van der Waals surface area contributed by atoms with Crippen molar-refractivity contribution in [3.63, 3.8) is 0 Å². The summed E-state index contributed by atoms with van der Waals surface area (Å²) in [5.41, 5.74) is -1.09. The van der Waals surface area contributed by atoms with Crippen LogP contribution in [0.4, 0.5) is 22.0 Å². The lowest BCUT2D eigenvalue weighted by molar-refractivity contribution is -0.146. The SMILES string of the molecule is CCCOc1ccc(-c2ccc(C(C(=O)OCCCOS(=O)(=O)O)n3cc4nc(-c5cccc(F)c5F)nc-4cn3)cn2)c(C(F)(F)F)c1. The molecule has 49 heavy (non-hydrogen) atoms. The highest BCUT2D eigenvalue weighted by Gasteiger charge is 2.35. The van der Waals surface area contributed by atoms with Crippen LogP contribution in [0.15, 0.2) is 67.1 Å². The van der Waals surface area contributed by atoms with E-state index in [1.54, 1.807) is 0 Å². The first-order chi connectivity index (χ1) is 23.2. The maximum absolute atomic E-state index is 14.4. The molecule has 0 bridgehead atoms. The van der Waals surface area contributed by atoms with Gasteiger partial charge in [0, 0.05) is 23.7 Å². The summed E-state index contributed by atoms with van der Waals surface area (Å²) in [4.78, 5) is 26.0. The number of alkyl halides is 3. The predicted octanol–water partition coefficient (Wildman–Crippen LogP) is 5.93. The third kappa shape index (κ3) is 8.51. The summed E-state index contributed by atoms with van der Waals surface area (Å²) in [7, 11) is -4.71. The Morgan fingerprint density at radius 1 is 0.959 bits per heavy atom. The van der Waals surface area contributed by atoms with Gasteiger partial charge in [0.25, 0.3) is 0 Å². The van der Waals surface area contributed by atoms with Crippen LogP contribution in [-0.4, -0.2) is 63.5 Å². The van der Waals surface area contributed by atoms with Gasteiger partial charge in [0.05, 0.1) is 49.0 Å². The van der Waals surface area contributed by atoms with Crippen molar-refractivity contribution < 1.29 is 53.4 Å². The van der Waals surface area contributed by atoms with Crippen molar-refractivity contribution in [3.8, 4) is 39.8 Å². The molecule has 0 spiro atoms. The van der Waals surface area contributed by atoms with Gasteiger partial charge in [-0.3, -0.25) is 14.2 Å². The van der Waals surface area contributed by atoms with Crippen molar-refractivity contribution in [1.82, 2.24) is 24.7 Å². The number of carbonyl (C=O) groups is 1. The fraction of sp³-hybridized carbons (Fsp3) is 0.258. The van der Waals surface area contributed by atoms with E-state index in [2.05, 4.69) is 24.2 Å². The zero-order valence-electron chi connectivity index (χ0n) is 25.4. The van der Waals surface area contributed by atoms with Crippen LogP contribution in [0, 0.1) is 11.6 Å². The minimum Gasteiger partial charge on any atom is -0.494 e. The lowest BCUT2D eigenvalue weighted by Crippen LogP contribution is -2.26. The predicted molar refractivity (Wildman–Crippen MR) is 161 cm³/mol. The number of halogens is 5. The van der Waals surface area contributed by atoms with Crippen LogP contribution in [0.5, 0.6) is 5.75 Å². The first-order valence-corrected chi connectivity index (χ1v) is 15.9. The second-order valence-corrected chi connectivity index (χ2v) is 11.5. The van der Waals surface area contributed by atoms with Gasteiger partial charge in [0.1, 0.15) is 17.1 Å². The van der Waals surface area contributed by atoms with Gasteiger partial charge in [0.15, 0.2) is 23.5 Å². The van der Waals surface area contributed by atoms with E-state index in [0.717, 1.165) is 23.0 Å². The highest BCUT2D eigenvalue weighted by atomic mass is 32.3. The van der Waals surface area contributed by atoms with Gasteiger partial charge in [-0.2, -0.15) is 26.7 Å². The zero-order chi connectivity index (χ0) is 35.3. The number of hydrogen-bond donors (Lipinski definition) is 1. The topological polar surface area (TPSA) is 156 Å². The number of esters is 1. The average Bonchev–Trinajstić information content (AvgIpc) is 3.48. The number of ether oxygens (including phenoxy) is 2. The molecule has 2 aromatic carbocycles. The molecule has 1 aromatic heterocycles. The van der Waals surface area contributed by atoms with Crippen LogP contribution in [0.2, 0.25) is 0 Å². The molecule has 2 aliphatic rings. The van der Waals surface area contributed by atoms with Gasteiger partial charge in [-0.05, 0) is 42.8 Å². The molecule has 1 N–H and O–H groups in total. The third-order valence-corrected chi connectivity index (χ3v) is 7.34. The van der Waals surface area contributed by atoms with Crippen molar-refractivity contribution in [3.05, 3.63) is 89.9 Å². The van der Waals surface area contributed by atoms with Gasteiger partial charge in [-0.15, -0.1) is 0 Å². The number of nitrogens with zero attached hydrogens (tertiary/aromatic N) is 5. The summed E-state index contributed by atoms with van der Waals surface area (Å²) in [6.07, 6.45) is -0.631. The van der Waals surface area contributed by atoms with E-state index in [1.807, 2.05) is 6.92 Å². The molecule has 0 fully saturated rings. The molecule has 258 valence electrons. The molecule has 12 nitrogen and oxygen atoms in total. The lowest BCUT2D eigenvalue weighted by Gasteiger charge is -2.20. The summed E-state index contributed by atoms with van der Waals surface area (Å²) >= 11 is 0. The molecular formula is C31H26F5N5O7S. The average molecular weight is 708 g/mol. The molecule has 18 heteroatoms. The Kier molecular flexibility index (Phi) is 10.5. The summed E-state index contributed by atoms with van der Waals surface area (Å²) < 4.78 is 117. The number of rotatable bonds is 13. The quantitative estimate of drug-likeness (QED) is 0.0670. The van der Waals surface area contributed by atoms with Crippen LogP contribution in [0.3, 0.4) is 0 Å². The Bertz CT molecular complexity index is 2020. The van der Waals surface area contributed by atoms with Crippen molar-refractivity contribution >= 4 is 16.4 Å². The number of carbonyl (C=O) groups excluding carboxylic acids is 1. The lowest BCUT2D eigenvalue weighted by atomic mass is 10.0. The summed E-state index contributed by atoms with van der Waals surface area (Å²) in [5, 5.41) is 4.21. The molecule has 1 unspecified atom stereocenters. The van der Waals surface area contributed by atoms with Crippen molar-refractivity contribution in [2.75, 3.05) is 19.8 Å². The molecule has 1 atom stereocenters. The van der Waals surface area contributed by atoms with Crippen molar-refractivity contribution in [2.45, 2.75) is 32.0 Å². The van der Waals surface area contributed by atoms with Crippen LogP contribution in [0.25, 0.3) is 34.0 Å². The molecule has 3 aromatic rings. The fourth-order valence-corrected chi connectivity index (χ4v) is 4.99. The number of aromatic nitrogens is 5. The van der Waals surface area contributed by atoms with E-state index < -0.39 is 52.4 Å². The maximum atomic E-state index is 14.4. The van der Waals surface area contributed by atoms with Crippen molar-refractivity contribution in [1.29, 1.82) is 0 Å². The molecule has 2 aliphatic heterocycles. The van der Waals surface area contributed by atoms with E-state index in [1.165, 1.54) is 48.8 Å². The number of benzene rings is 2. The Morgan fingerprint density at radius 3 is 2.43 bits per heavy atom. The molecule has 0 radical (unpaired) electrons. The fourth-order valence-electron chi connectivity index (χ4n) is 4.66. The smallest absolute Gasteiger partial charge is 0.417 e. The molecule has 0 saturated heterocycles. The van der Waals surface area contributed by atoms with E-state index >= 15 is 0 Å². The number of fused-ring (bicyclic) bond motifs is 1. The Hall–Kier alpha value is -5.07. The van der Waals surface area contributed by atoms with Gasteiger partial charge in [0.2, 0.25) is 0 Å². The summed E-state index contributed by atoms with van der Waals surface area (Å²) in [5.74, 6) is -3.33. The van der Waals surface area contributed by atoms with E-state index in [0.29, 0.717) is 6.42 Å². The number of imidazole rings is 1. The number of pyridine rings is 1. The first-order valence-electron chi connectivity index (χ1n) is 14.5. The Morgan fingerprint density at radius 2 is 1.73 bits per heavy atom. The van der Waals surface area contributed by atoms with Crippen LogP contribution < -0.4 is 4.74 Å². The third-order valence-electron chi connectivity index (χ3n) is 6.88. The molecule has 0 aliphatic carbocycles. The van der Waals surface area contributed by atoms with Gasteiger partial charge in [-0.1, -0.05) is 19.1 Å². The van der Waals surface area contributed by atoms with E-state index in [-0.39, 0.29) is 65.0 Å². The normalized spacial score (nSPS) is 12.6. The minimum atomic E-state index is -4.74. The largest absolute Gasteiger partial charge is 0.494 e. The van der Waals surface area contributed by atoms with Crippen LogP contribution in [0.1, 0.15) is 36.9 Å². The number of hydrogen-bond acceptors (Lipinski definition) is 10. The van der Waals surface area contributed by atoms with Crippen LogP contribution in [-0.2, 0) is 30.3 Å². The Labute approximate surface area is 275 Å². The standard InChI is InChI=1S/C31H26F5N5O7S/c1-2-11-46-19-8-9-20(22(14-19)31(34,35)36)24-10-7-18(15-37-24)28(30(42)47-12-4-13-48-49(43,44)45)41-17-26-25(16-38-41)39-29(40-26)21-5-3-6-23(32)27(21)33/h3,5-10,14-17,28H,2,4,11-13H2,1H3,(H,43,44,45). The van der Waals surface area contributed by atoms with Gasteiger partial charge in [-0.25, -0.2) is 27.7 Å².